The number of amides is 1. The van der Waals surface area contributed by atoms with Gasteiger partial charge in [0, 0.05) is 46.2 Å². The Hall–Kier alpha value is -2.16. The van der Waals surface area contributed by atoms with Crippen LogP contribution >= 0.6 is 12.4 Å². The van der Waals surface area contributed by atoms with Gasteiger partial charge in [-0.2, -0.15) is 4.98 Å². The van der Waals surface area contributed by atoms with Crippen LogP contribution in [0.4, 0.5) is 0 Å². The second-order valence-corrected chi connectivity index (χ2v) is 5.86. The molecule has 2 N–H and O–H groups in total. The van der Waals surface area contributed by atoms with Gasteiger partial charge in [0.05, 0.1) is 5.56 Å². The number of hydrogen-bond donors (Lipinski definition) is 2. The van der Waals surface area contributed by atoms with Crippen LogP contribution in [0.25, 0.3) is 0 Å². The number of rotatable bonds is 7. The van der Waals surface area contributed by atoms with E-state index < -0.39 is 0 Å². The molecule has 26 heavy (non-hydrogen) atoms. The molecule has 2 aromatic rings. The number of aromatic nitrogens is 2. The van der Waals surface area contributed by atoms with E-state index in [1.165, 1.54) is 0 Å². The molecule has 1 aliphatic heterocycles. The molecular formula is C17H24ClN5O3. The summed E-state index contributed by atoms with van der Waals surface area (Å²) >= 11 is 0. The molecule has 0 atom stereocenters. The number of aryl methyl sites for hydroxylation is 1. The van der Waals surface area contributed by atoms with Gasteiger partial charge in [0.2, 0.25) is 11.7 Å². The SMILES string of the molecule is Cc1nc(COc2ccccc2C(=O)NCCN2CCNCC2)no1.Cl. The largest absolute Gasteiger partial charge is 0.485 e. The number of carbonyl (C=O) groups is 1. The highest BCUT2D eigenvalue weighted by atomic mass is 35.5. The number of piperazine rings is 1. The van der Waals surface area contributed by atoms with Crippen LogP contribution in [0.15, 0.2) is 28.8 Å². The average molecular weight is 382 g/mol. The van der Waals surface area contributed by atoms with Crippen molar-refractivity contribution in [3.63, 3.8) is 0 Å². The van der Waals surface area contributed by atoms with Crippen molar-refractivity contribution in [3.05, 3.63) is 41.5 Å². The lowest BCUT2D eigenvalue weighted by atomic mass is 10.2. The third-order valence-electron chi connectivity index (χ3n) is 3.98. The minimum Gasteiger partial charge on any atom is -0.485 e. The maximum absolute atomic E-state index is 12.5. The monoisotopic (exact) mass is 381 g/mol. The van der Waals surface area contributed by atoms with Crippen LogP contribution < -0.4 is 15.4 Å². The highest BCUT2D eigenvalue weighted by Crippen LogP contribution is 2.18. The van der Waals surface area contributed by atoms with E-state index >= 15 is 0 Å². The zero-order chi connectivity index (χ0) is 17.5. The molecule has 1 aromatic carbocycles. The average Bonchev–Trinajstić information content (AvgIpc) is 3.06. The van der Waals surface area contributed by atoms with E-state index in [2.05, 4.69) is 25.7 Å². The number of hydrogen-bond acceptors (Lipinski definition) is 7. The van der Waals surface area contributed by atoms with Crippen molar-refractivity contribution in [2.24, 2.45) is 0 Å². The van der Waals surface area contributed by atoms with Crippen molar-refractivity contribution in [2.75, 3.05) is 39.3 Å². The number of halogens is 1. The smallest absolute Gasteiger partial charge is 0.255 e. The van der Waals surface area contributed by atoms with E-state index in [4.69, 9.17) is 9.26 Å². The summed E-state index contributed by atoms with van der Waals surface area (Å²) in [5, 5.41) is 10.1. The summed E-state index contributed by atoms with van der Waals surface area (Å²) in [4.78, 5) is 18.9. The summed E-state index contributed by atoms with van der Waals surface area (Å²) in [6.07, 6.45) is 0. The fourth-order valence-electron chi connectivity index (χ4n) is 2.68. The summed E-state index contributed by atoms with van der Waals surface area (Å²) < 4.78 is 10.6. The van der Waals surface area contributed by atoms with Crippen molar-refractivity contribution in [1.82, 2.24) is 25.7 Å². The lowest BCUT2D eigenvalue weighted by molar-refractivity contribution is 0.0942. The Balaban J connectivity index is 0.00000243. The lowest BCUT2D eigenvalue weighted by Crippen LogP contribution is -2.46. The molecule has 1 amide bonds. The highest BCUT2D eigenvalue weighted by Gasteiger charge is 2.14. The molecule has 1 fully saturated rings. The molecule has 0 unspecified atom stereocenters. The van der Waals surface area contributed by atoms with E-state index in [1.54, 1.807) is 19.1 Å². The van der Waals surface area contributed by atoms with Gasteiger partial charge in [-0.15, -0.1) is 12.4 Å². The van der Waals surface area contributed by atoms with Crippen LogP contribution in [0, 0.1) is 6.92 Å². The summed E-state index contributed by atoms with van der Waals surface area (Å²) in [5.74, 6) is 1.30. The van der Waals surface area contributed by atoms with Crippen molar-refractivity contribution >= 4 is 18.3 Å². The first kappa shape index (κ1) is 20.2. The number of ether oxygens (including phenoxy) is 1. The van der Waals surface area contributed by atoms with E-state index in [1.807, 2.05) is 12.1 Å². The van der Waals surface area contributed by atoms with E-state index in [0.29, 0.717) is 29.6 Å². The third-order valence-corrected chi connectivity index (χ3v) is 3.98. The number of nitrogens with zero attached hydrogens (tertiary/aromatic N) is 3. The van der Waals surface area contributed by atoms with Crippen LogP contribution in [0.5, 0.6) is 5.75 Å². The van der Waals surface area contributed by atoms with Gasteiger partial charge in [-0.1, -0.05) is 17.3 Å². The lowest BCUT2D eigenvalue weighted by Gasteiger charge is -2.27. The maximum Gasteiger partial charge on any atom is 0.255 e. The van der Waals surface area contributed by atoms with Gasteiger partial charge >= 0.3 is 0 Å². The van der Waals surface area contributed by atoms with E-state index in [-0.39, 0.29) is 24.9 Å². The molecule has 1 aromatic heterocycles. The van der Waals surface area contributed by atoms with Crippen LogP contribution in [-0.4, -0.2) is 60.2 Å². The Morgan fingerprint density at radius 2 is 2.12 bits per heavy atom. The Bertz CT molecular complexity index is 703. The normalized spacial score (nSPS) is 14.5. The zero-order valence-corrected chi connectivity index (χ0v) is 15.6. The maximum atomic E-state index is 12.5. The molecule has 2 heterocycles. The Morgan fingerprint density at radius 1 is 1.35 bits per heavy atom. The fourth-order valence-corrected chi connectivity index (χ4v) is 2.68. The van der Waals surface area contributed by atoms with Gasteiger partial charge in [0.1, 0.15) is 5.75 Å². The molecule has 0 bridgehead atoms. The number of benzene rings is 1. The fraction of sp³-hybridized carbons (Fsp3) is 0.471. The molecule has 9 heteroatoms. The van der Waals surface area contributed by atoms with Gasteiger partial charge in [-0.3, -0.25) is 9.69 Å². The zero-order valence-electron chi connectivity index (χ0n) is 14.7. The van der Waals surface area contributed by atoms with Gasteiger partial charge in [-0.25, -0.2) is 0 Å². The number of carbonyl (C=O) groups excluding carboxylic acids is 1. The summed E-state index contributed by atoms with van der Waals surface area (Å²) in [5.41, 5.74) is 0.503. The van der Waals surface area contributed by atoms with Crippen molar-refractivity contribution < 1.29 is 14.1 Å². The van der Waals surface area contributed by atoms with E-state index in [9.17, 15) is 4.79 Å². The molecule has 1 saturated heterocycles. The topological polar surface area (TPSA) is 92.5 Å². The second-order valence-electron chi connectivity index (χ2n) is 5.86. The third kappa shape index (κ3) is 5.69. The molecule has 142 valence electrons. The van der Waals surface area contributed by atoms with Crippen molar-refractivity contribution in [3.8, 4) is 5.75 Å². The quantitative estimate of drug-likeness (QED) is 0.739. The standard InChI is InChI=1S/C17H23N5O3.ClH/c1-13-20-16(21-25-13)12-24-15-5-3-2-4-14(15)17(23)19-8-11-22-9-6-18-7-10-22;/h2-5,18H,6-12H2,1H3,(H,19,23);1H. The molecule has 0 radical (unpaired) electrons. The molecule has 3 rings (SSSR count). The van der Waals surface area contributed by atoms with Gasteiger partial charge < -0.3 is 19.9 Å². The summed E-state index contributed by atoms with van der Waals surface area (Å²) in [7, 11) is 0. The summed E-state index contributed by atoms with van der Waals surface area (Å²) in [6, 6.07) is 7.15. The molecule has 0 aliphatic carbocycles. The first-order valence-electron chi connectivity index (χ1n) is 8.44. The molecular weight excluding hydrogens is 358 g/mol. The molecule has 1 aliphatic rings. The molecule has 8 nitrogen and oxygen atoms in total. The van der Waals surface area contributed by atoms with Crippen LogP contribution in [0.3, 0.4) is 0 Å². The first-order valence-corrected chi connectivity index (χ1v) is 8.44. The predicted octanol–water partition coefficient (Wildman–Crippen LogP) is 1.01. The minimum atomic E-state index is -0.143. The van der Waals surface area contributed by atoms with E-state index in [0.717, 1.165) is 32.7 Å². The van der Waals surface area contributed by atoms with Crippen LogP contribution in [0.2, 0.25) is 0 Å². The van der Waals surface area contributed by atoms with Crippen molar-refractivity contribution in [2.45, 2.75) is 13.5 Å². The Labute approximate surface area is 158 Å². The Morgan fingerprint density at radius 3 is 2.85 bits per heavy atom. The predicted molar refractivity (Wildman–Crippen MR) is 98.7 cm³/mol. The van der Waals surface area contributed by atoms with Crippen LogP contribution in [-0.2, 0) is 6.61 Å². The van der Waals surface area contributed by atoms with Gasteiger partial charge in [-0.05, 0) is 12.1 Å². The van der Waals surface area contributed by atoms with Gasteiger partial charge in [0.15, 0.2) is 6.61 Å². The second kappa shape index (κ2) is 10.1. The summed E-state index contributed by atoms with van der Waals surface area (Å²) in [6.45, 7) is 7.36. The molecule has 0 spiro atoms. The van der Waals surface area contributed by atoms with Crippen molar-refractivity contribution in [1.29, 1.82) is 0 Å². The molecule has 0 saturated carbocycles. The highest BCUT2D eigenvalue weighted by molar-refractivity contribution is 5.96. The van der Waals surface area contributed by atoms with Gasteiger partial charge in [0.25, 0.3) is 5.91 Å². The first-order chi connectivity index (χ1) is 12.2. The Kier molecular flexibility index (Phi) is 7.83. The minimum absolute atomic E-state index is 0. The van der Waals surface area contributed by atoms with Crippen LogP contribution in [0.1, 0.15) is 22.1 Å². The number of nitrogens with one attached hydrogen (secondary N) is 2. The number of para-hydroxylation sites is 1.